The van der Waals surface area contributed by atoms with Crippen LogP contribution in [0.25, 0.3) is 0 Å². The third-order valence-corrected chi connectivity index (χ3v) is 4.04. The largest absolute Gasteiger partial charge is 0.496 e. The summed E-state index contributed by atoms with van der Waals surface area (Å²) in [6.45, 7) is 9.78. The van der Waals surface area contributed by atoms with E-state index in [1.54, 1.807) is 7.11 Å². The zero-order chi connectivity index (χ0) is 15.7. The molecule has 1 aromatic rings. The number of pyridine rings is 1. The Morgan fingerprint density at radius 1 is 1.19 bits per heavy atom. The van der Waals surface area contributed by atoms with E-state index in [2.05, 4.69) is 38.0 Å². The van der Waals surface area contributed by atoms with Gasteiger partial charge in [0.25, 0.3) is 0 Å². The predicted octanol–water partition coefficient (Wildman–Crippen LogP) is 4.20. The number of methoxy groups -OCH3 is 1. The van der Waals surface area contributed by atoms with Crippen LogP contribution in [0, 0.1) is 13.8 Å². The average molecular weight is 292 g/mol. The molecule has 0 aliphatic heterocycles. The van der Waals surface area contributed by atoms with E-state index in [1.165, 1.54) is 43.4 Å². The molecule has 1 unspecified atom stereocenters. The van der Waals surface area contributed by atoms with Crippen LogP contribution in [-0.4, -0.2) is 24.7 Å². The number of ether oxygens (including phenoxy) is 1. The van der Waals surface area contributed by atoms with Crippen LogP contribution >= 0.6 is 0 Å². The molecule has 21 heavy (non-hydrogen) atoms. The SMILES string of the molecule is CCCNC(CCC)CCCc1ncc(C)c(OC)c1C. The summed E-state index contributed by atoms with van der Waals surface area (Å²) in [5, 5.41) is 3.66. The number of hydrogen-bond acceptors (Lipinski definition) is 3. The Labute approximate surface area is 130 Å². The van der Waals surface area contributed by atoms with Crippen molar-refractivity contribution in [2.24, 2.45) is 0 Å². The third-order valence-electron chi connectivity index (χ3n) is 4.04. The molecule has 1 heterocycles. The Balaban J connectivity index is 2.54. The zero-order valence-corrected chi connectivity index (χ0v) is 14.5. The minimum absolute atomic E-state index is 0.655. The number of nitrogens with zero attached hydrogens (tertiary/aromatic N) is 1. The fourth-order valence-electron chi connectivity index (χ4n) is 2.88. The first-order chi connectivity index (χ1) is 10.1. The van der Waals surface area contributed by atoms with Crippen molar-refractivity contribution in [3.05, 3.63) is 23.0 Å². The lowest BCUT2D eigenvalue weighted by atomic mass is 10.0. The number of nitrogens with one attached hydrogen (secondary N) is 1. The van der Waals surface area contributed by atoms with Crippen molar-refractivity contribution in [1.29, 1.82) is 0 Å². The second kappa shape index (κ2) is 9.78. The highest BCUT2D eigenvalue weighted by atomic mass is 16.5. The van der Waals surface area contributed by atoms with E-state index >= 15 is 0 Å². The maximum atomic E-state index is 5.48. The smallest absolute Gasteiger partial charge is 0.128 e. The van der Waals surface area contributed by atoms with Crippen molar-refractivity contribution in [2.75, 3.05) is 13.7 Å². The van der Waals surface area contributed by atoms with E-state index in [4.69, 9.17) is 4.74 Å². The molecule has 0 saturated heterocycles. The molecule has 1 atom stereocenters. The van der Waals surface area contributed by atoms with Gasteiger partial charge in [-0.1, -0.05) is 20.3 Å². The Morgan fingerprint density at radius 2 is 1.95 bits per heavy atom. The van der Waals surface area contributed by atoms with Crippen LogP contribution in [0.1, 0.15) is 62.8 Å². The minimum Gasteiger partial charge on any atom is -0.496 e. The number of rotatable bonds is 10. The number of aromatic nitrogens is 1. The molecule has 0 saturated carbocycles. The van der Waals surface area contributed by atoms with E-state index in [-0.39, 0.29) is 0 Å². The van der Waals surface area contributed by atoms with Crippen LogP contribution in [0.5, 0.6) is 5.75 Å². The van der Waals surface area contributed by atoms with Crippen molar-refractivity contribution in [3.8, 4) is 5.75 Å². The minimum atomic E-state index is 0.655. The van der Waals surface area contributed by atoms with Crippen molar-refractivity contribution >= 4 is 0 Å². The monoisotopic (exact) mass is 292 g/mol. The fraction of sp³-hybridized carbons (Fsp3) is 0.722. The third kappa shape index (κ3) is 5.66. The molecule has 0 bridgehead atoms. The first-order valence-electron chi connectivity index (χ1n) is 8.36. The van der Waals surface area contributed by atoms with Gasteiger partial charge in [0.15, 0.2) is 0 Å². The first-order valence-corrected chi connectivity index (χ1v) is 8.36. The standard InChI is InChI=1S/C18H32N2O/c1-6-9-16(19-12-7-2)10-8-11-17-15(4)18(21-5)14(3)13-20-17/h13,16,19H,6-12H2,1-5H3. The second-order valence-electron chi connectivity index (χ2n) is 5.88. The summed E-state index contributed by atoms with van der Waals surface area (Å²) < 4.78 is 5.48. The number of hydrogen-bond donors (Lipinski definition) is 1. The molecule has 0 amide bonds. The van der Waals surface area contributed by atoms with Crippen molar-refractivity contribution in [3.63, 3.8) is 0 Å². The quantitative estimate of drug-likeness (QED) is 0.702. The molecule has 1 aromatic heterocycles. The van der Waals surface area contributed by atoms with Gasteiger partial charge in [0.1, 0.15) is 5.75 Å². The maximum absolute atomic E-state index is 5.48. The van der Waals surface area contributed by atoms with Gasteiger partial charge in [0, 0.05) is 29.1 Å². The Bertz CT molecular complexity index is 418. The molecule has 0 spiro atoms. The summed E-state index contributed by atoms with van der Waals surface area (Å²) in [5.41, 5.74) is 3.50. The van der Waals surface area contributed by atoms with Crippen LogP contribution < -0.4 is 10.1 Å². The predicted molar refractivity (Wildman–Crippen MR) is 90.2 cm³/mol. The molecular weight excluding hydrogens is 260 g/mol. The highest BCUT2D eigenvalue weighted by molar-refractivity contribution is 5.41. The molecule has 0 aromatic carbocycles. The van der Waals surface area contributed by atoms with Crippen LogP contribution in [0.4, 0.5) is 0 Å². The fourth-order valence-corrected chi connectivity index (χ4v) is 2.88. The lowest BCUT2D eigenvalue weighted by Crippen LogP contribution is -2.29. The lowest BCUT2D eigenvalue weighted by molar-refractivity contribution is 0.406. The average Bonchev–Trinajstić information content (AvgIpc) is 2.47. The van der Waals surface area contributed by atoms with Crippen molar-refractivity contribution < 1.29 is 4.74 Å². The molecule has 0 fully saturated rings. The Kier molecular flexibility index (Phi) is 8.36. The van der Waals surface area contributed by atoms with Crippen LogP contribution in [0.15, 0.2) is 6.20 Å². The second-order valence-corrected chi connectivity index (χ2v) is 5.88. The molecule has 3 nitrogen and oxygen atoms in total. The normalized spacial score (nSPS) is 12.4. The molecule has 0 aliphatic carbocycles. The first kappa shape index (κ1) is 18.0. The summed E-state index contributed by atoms with van der Waals surface area (Å²) >= 11 is 0. The molecular formula is C18H32N2O. The summed E-state index contributed by atoms with van der Waals surface area (Å²) in [6.07, 6.45) is 9.10. The van der Waals surface area contributed by atoms with E-state index in [0.717, 1.165) is 24.3 Å². The van der Waals surface area contributed by atoms with Gasteiger partial charge in [-0.15, -0.1) is 0 Å². The van der Waals surface area contributed by atoms with E-state index in [1.807, 2.05) is 6.20 Å². The lowest BCUT2D eigenvalue weighted by Gasteiger charge is -2.18. The van der Waals surface area contributed by atoms with Crippen molar-refractivity contribution in [2.45, 2.75) is 72.3 Å². The van der Waals surface area contributed by atoms with E-state index in [0.29, 0.717) is 6.04 Å². The van der Waals surface area contributed by atoms with Crippen molar-refractivity contribution in [1.82, 2.24) is 10.3 Å². The molecule has 1 N–H and O–H groups in total. The van der Waals surface area contributed by atoms with E-state index in [9.17, 15) is 0 Å². The topological polar surface area (TPSA) is 34.2 Å². The number of aryl methyl sites for hydroxylation is 2. The van der Waals surface area contributed by atoms with E-state index < -0.39 is 0 Å². The Hall–Kier alpha value is -1.09. The van der Waals surface area contributed by atoms with Gasteiger partial charge in [-0.25, -0.2) is 0 Å². The molecule has 0 radical (unpaired) electrons. The van der Waals surface area contributed by atoms with Crippen LogP contribution in [0.3, 0.4) is 0 Å². The molecule has 0 aliphatic rings. The van der Waals surface area contributed by atoms with Gasteiger partial charge in [-0.3, -0.25) is 4.98 Å². The summed E-state index contributed by atoms with van der Waals surface area (Å²) in [6, 6.07) is 0.655. The van der Waals surface area contributed by atoms with Crippen LogP contribution in [-0.2, 0) is 6.42 Å². The molecule has 120 valence electrons. The molecule has 3 heteroatoms. The van der Waals surface area contributed by atoms with Gasteiger partial charge in [0.2, 0.25) is 0 Å². The van der Waals surface area contributed by atoms with Gasteiger partial charge >= 0.3 is 0 Å². The van der Waals surface area contributed by atoms with Gasteiger partial charge in [-0.05, 0) is 52.5 Å². The summed E-state index contributed by atoms with van der Waals surface area (Å²) in [7, 11) is 1.74. The maximum Gasteiger partial charge on any atom is 0.128 e. The molecule has 1 rings (SSSR count). The van der Waals surface area contributed by atoms with Gasteiger partial charge in [0.05, 0.1) is 7.11 Å². The highest BCUT2D eigenvalue weighted by Gasteiger charge is 2.11. The summed E-state index contributed by atoms with van der Waals surface area (Å²) in [5.74, 6) is 0.995. The Morgan fingerprint density at radius 3 is 2.57 bits per heavy atom. The van der Waals surface area contributed by atoms with Gasteiger partial charge < -0.3 is 10.1 Å². The highest BCUT2D eigenvalue weighted by Crippen LogP contribution is 2.25. The van der Waals surface area contributed by atoms with Gasteiger partial charge in [-0.2, -0.15) is 0 Å². The summed E-state index contributed by atoms with van der Waals surface area (Å²) in [4.78, 5) is 4.59. The zero-order valence-electron chi connectivity index (χ0n) is 14.5. The van der Waals surface area contributed by atoms with Crippen LogP contribution in [0.2, 0.25) is 0 Å².